The quantitative estimate of drug-likeness (QED) is 0.611. The second-order valence-corrected chi connectivity index (χ2v) is 5.17. The molecule has 0 aliphatic carbocycles. The van der Waals surface area contributed by atoms with Gasteiger partial charge in [-0.15, -0.1) is 0 Å². The van der Waals surface area contributed by atoms with E-state index < -0.39 is 29.1 Å². The number of esters is 1. The number of aromatic amines is 1. The number of aromatic nitrogens is 3. The predicted octanol–water partition coefficient (Wildman–Crippen LogP) is -0.514. The highest BCUT2D eigenvalue weighted by Crippen LogP contribution is 2.09. The van der Waals surface area contributed by atoms with Crippen LogP contribution in [0.3, 0.4) is 0 Å². The van der Waals surface area contributed by atoms with E-state index >= 15 is 0 Å². The molecule has 0 saturated heterocycles. The molecule has 9 nitrogen and oxygen atoms in total. The molecule has 1 atom stereocenters. The van der Waals surface area contributed by atoms with Crippen molar-refractivity contribution < 1.29 is 19.4 Å². The maximum absolute atomic E-state index is 12.2. The molecule has 0 radical (unpaired) electrons. The number of aromatic hydroxyl groups is 1. The zero-order valence-electron chi connectivity index (χ0n) is 13.3. The summed E-state index contributed by atoms with van der Waals surface area (Å²) in [6.45, 7) is 1.36. The molecule has 0 aliphatic rings. The average Bonchev–Trinajstić information content (AvgIpc) is 3.07. The Hall–Kier alpha value is -3.10. The lowest BCUT2D eigenvalue weighted by Crippen LogP contribution is -2.44. The largest absolute Gasteiger partial charge is 0.503 e. The average molecular weight is 334 g/mol. The molecule has 2 rings (SSSR count). The Morgan fingerprint density at radius 3 is 2.88 bits per heavy atom. The molecule has 0 bridgehead atoms. The first-order chi connectivity index (χ1) is 11.4. The maximum atomic E-state index is 12.2. The number of nitrogens with zero attached hydrogens (tertiary/aromatic N) is 2. The van der Waals surface area contributed by atoms with Gasteiger partial charge in [-0.2, -0.15) is 0 Å². The van der Waals surface area contributed by atoms with E-state index in [9.17, 15) is 19.5 Å². The number of amides is 1. The molecule has 2 aromatic heterocycles. The number of carbonyl (C=O) groups is 2. The topological polar surface area (TPSA) is 126 Å². The maximum Gasteiger partial charge on any atom is 0.328 e. The Balaban J connectivity index is 2.09. The third kappa shape index (κ3) is 4.00. The van der Waals surface area contributed by atoms with Gasteiger partial charge in [-0.05, 0) is 6.92 Å². The molecule has 128 valence electrons. The van der Waals surface area contributed by atoms with E-state index in [2.05, 4.69) is 15.3 Å². The van der Waals surface area contributed by atoms with Crippen molar-refractivity contribution in [1.29, 1.82) is 0 Å². The van der Waals surface area contributed by atoms with Gasteiger partial charge in [-0.3, -0.25) is 9.59 Å². The summed E-state index contributed by atoms with van der Waals surface area (Å²) in [4.78, 5) is 42.1. The molecule has 0 unspecified atom stereocenters. The molecular weight excluding hydrogens is 316 g/mol. The molecule has 3 N–H and O–H groups in total. The van der Waals surface area contributed by atoms with Crippen molar-refractivity contribution in [2.24, 2.45) is 0 Å². The minimum atomic E-state index is -0.878. The summed E-state index contributed by atoms with van der Waals surface area (Å²) in [5.41, 5.74) is 0.416. The monoisotopic (exact) mass is 334 g/mol. The lowest BCUT2D eigenvalue weighted by molar-refractivity contribution is -0.145. The Kier molecular flexibility index (Phi) is 5.35. The zero-order chi connectivity index (χ0) is 17.7. The van der Waals surface area contributed by atoms with Crippen LogP contribution >= 0.6 is 0 Å². The van der Waals surface area contributed by atoms with E-state index in [1.807, 2.05) is 0 Å². The number of rotatable bonds is 6. The second-order valence-electron chi connectivity index (χ2n) is 5.17. The van der Waals surface area contributed by atoms with Crippen LogP contribution in [-0.2, 0) is 27.3 Å². The summed E-state index contributed by atoms with van der Waals surface area (Å²) in [5, 5.41) is 12.2. The number of carbonyl (C=O) groups excluding carboxylic acids is 2. The summed E-state index contributed by atoms with van der Waals surface area (Å²) in [5.74, 6) is -1.46. The van der Waals surface area contributed by atoms with Gasteiger partial charge >= 0.3 is 5.97 Å². The van der Waals surface area contributed by atoms with Crippen molar-refractivity contribution >= 4 is 11.9 Å². The molecule has 0 spiro atoms. The number of ether oxygens (including phenoxy) is 1. The van der Waals surface area contributed by atoms with Crippen molar-refractivity contribution in [3.05, 3.63) is 46.4 Å². The van der Waals surface area contributed by atoms with Crippen LogP contribution in [-0.4, -0.2) is 44.7 Å². The molecule has 2 heterocycles. The SMILES string of the molecule is COC(=O)[C@H](Cc1cnc[nH]1)NC(=O)Cn1ccc(=O)c(O)c1C. The predicted molar refractivity (Wildman–Crippen MR) is 83.3 cm³/mol. The number of hydrogen-bond donors (Lipinski definition) is 3. The van der Waals surface area contributed by atoms with E-state index in [1.54, 1.807) is 6.20 Å². The van der Waals surface area contributed by atoms with Gasteiger partial charge in [0.2, 0.25) is 11.3 Å². The Bertz CT molecular complexity index is 782. The molecule has 0 fully saturated rings. The van der Waals surface area contributed by atoms with Crippen LogP contribution in [0.1, 0.15) is 11.4 Å². The third-order valence-electron chi connectivity index (χ3n) is 3.53. The van der Waals surface area contributed by atoms with Crippen LogP contribution in [0.2, 0.25) is 0 Å². The third-order valence-corrected chi connectivity index (χ3v) is 3.53. The minimum Gasteiger partial charge on any atom is -0.503 e. The summed E-state index contributed by atoms with van der Waals surface area (Å²) < 4.78 is 6.11. The van der Waals surface area contributed by atoms with Gasteiger partial charge in [0.1, 0.15) is 12.6 Å². The fourth-order valence-corrected chi connectivity index (χ4v) is 2.18. The number of nitrogens with one attached hydrogen (secondary N) is 2. The molecule has 2 aromatic rings. The molecule has 9 heteroatoms. The van der Waals surface area contributed by atoms with Crippen LogP contribution in [0.4, 0.5) is 0 Å². The van der Waals surface area contributed by atoms with Crippen LogP contribution in [0.5, 0.6) is 5.75 Å². The lowest BCUT2D eigenvalue weighted by atomic mass is 10.1. The lowest BCUT2D eigenvalue weighted by Gasteiger charge is -2.17. The van der Waals surface area contributed by atoms with Gasteiger partial charge in [-0.25, -0.2) is 9.78 Å². The van der Waals surface area contributed by atoms with Crippen molar-refractivity contribution in [2.45, 2.75) is 25.9 Å². The van der Waals surface area contributed by atoms with Gasteiger partial charge in [0.25, 0.3) is 0 Å². The number of pyridine rings is 1. The fourth-order valence-electron chi connectivity index (χ4n) is 2.18. The highest BCUT2D eigenvalue weighted by Gasteiger charge is 2.23. The fraction of sp³-hybridized carbons (Fsp3) is 0.333. The standard InChI is InChI=1S/C15H18N4O5/c1-9-14(22)12(20)3-4-19(9)7-13(21)18-11(15(23)24-2)5-10-6-16-8-17-10/h3-4,6,8,11,22H,5,7H2,1-2H3,(H,16,17)(H,18,21)/t11-/m0/s1. The first-order valence-corrected chi connectivity index (χ1v) is 7.15. The van der Waals surface area contributed by atoms with Gasteiger partial charge in [0, 0.05) is 30.6 Å². The van der Waals surface area contributed by atoms with E-state index in [4.69, 9.17) is 4.74 Å². The van der Waals surface area contributed by atoms with Gasteiger partial charge in [-0.1, -0.05) is 0 Å². The van der Waals surface area contributed by atoms with E-state index in [-0.39, 0.29) is 18.7 Å². The first-order valence-electron chi connectivity index (χ1n) is 7.15. The van der Waals surface area contributed by atoms with Crippen LogP contribution < -0.4 is 10.7 Å². The number of imidazole rings is 1. The Morgan fingerprint density at radius 2 is 2.25 bits per heavy atom. The van der Waals surface area contributed by atoms with E-state index in [1.165, 1.54) is 31.1 Å². The number of H-pyrrole nitrogens is 1. The summed E-state index contributed by atoms with van der Waals surface area (Å²) >= 11 is 0. The Morgan fingerprint density at radius 1 is 1.50 bits per heavy atom. The highest BCUT2D eigenvalue weighted by atomic mass is 16.5. The number of hydrogen-bond acceptors (Lipinski definition) is 6. The minimum absolute atomic E-state index is 0.157. The van der Waals surface area contributed by atoms with Gasteiger partial charge in [0.05, 0.1) is 19.1 Å². The molecule has 0 saturated carbocycles. The van der Waals surface area contributed by atoms with Crippen molar-refractivity contribution in [3.8, 4) is 5.75 Å². The smallest absolute Gasteiger partial charge is 0.328 e. The number of methoxy groups -OCH3 is 1. The Labute approximate surface area is 137 Å². The van der Waals surface area contributed by atoms with Crippen molar-refractivity contribution in [3.63, 3.8) is 0 Å². The van der Waals surface area contributed by atoms with Crippen molar-refractivity contribution in [2.75, 3.05) is 7.11 Å². The van der Waals surface area contributed by atoms with Crippen molar-refractivity contribution in [1.82, 2.24) is 19.9 Å². The highest BCUT2D eigenvalue weighted by molar-refractivity contribution is 5.84. The molecule has 1 amide bonds. The first kappa shape index (κ1) is 17.3. The second kappa shape index (κ2) is 7.44. The summed E-state index contributed by atoms with van der Waals surface area (Å²) in [6, 6.07) is 0.286. The van der Waals surface area contributed by atoms with E-state index in [0.717, 1.165) is 6.07 Å². The van der Waals surface area contributed by atoms with Gasteiger partial charge in [0.15, 0.2) is 5.75 Å². The van der Waals surface area contributed by atoms with E-state index in [0.29, 0.717) is 5.69 Å². The normalized spacial score (nSPS) is 11.8. The molecule has 0 aliphatic heterocycles. The van der Waals surface area contributed by atoms with Gasteiger partial charge < -0.3 is 24.7 Å². The molecular formula is C15H18N4O5. The zero-order valence-corrected chi connectivity index (χ0v) is 13.3. The van der Waals surface area contributed by atoms with Crippen LogP contribution in [0.15, 0.2) is 29.6 Å². The molecule has 24 heavy (non-hydrogen) atoms. The van der Waals surface area contributed by atoms with Crippen LogP contribution in [0.25, 0.3) is 0 Å². The molecule has 0 aromatic carbocycles. The summed E-state index contributed by atoms with van der Waals surface area (Å²) in [6.07, 6.45) is 4.62. The van der Waals surface area contributed by atoms with Crippen LogP contribution in [0, 0.1) is 6.92 Å². The summed E-state index contributed by atoms with van der Waals surface area (Å²) in [7, 11) is 1.23.